The molecule has 0 bridgehead atoms. The lowest BCUT2D eigenvalue weighted by Gasteiger charge is -2.22. The Kier molecular flexibility index (Phi) is 7.99. The maximum absolute atomic E-state index is 12.7. The highest BCUT2D eigenvalue weighted by molar-refractivity contribution is 7.91. The number of hydrogen-bond donors (Lipinski definition) is 1. The first-order valence-electron chi connectivity index (χ1n) is 11.1. The van der Waals surface area contributed by atoms with Crippen molar-refractivity contribution in [3.05, 3.63) is 17.0 Å². The van der Waals surface area contributed by atoms with Gasteiger partial charge in [-0.05, 0) is 43.7 Å². The first-order chi connectivity index (χ1) is 14.0. The van der Waals surface area contributed by atoms with Gasteiger partial charge in [0.15, 0.2) is 5.96 Å². The lowest BCUT2D eigenvalue weighted by atomic mass is 9.82. The van der Waals surface area contributed by atoms with Gasteiger partial charge in [0.1, 0.15) is 4.21 Å². The van der Waals surface area contributed by atoms with Crippen molar-refractivity contribution in [3.63, 3.8) is 0 Å². The monoisotopic (exact) mass is 440 g/mol. The molecule has 1 aliphatic carbocycles. The summed E-state index contributed by atoms with van der Waals surface area (Å²) >= 11 is 1.38. The number of hydrogen-bond acceptors (Lipinski definition) is 4. The fraction of sp³-hybridized carbons (Fsp3) is 0.762. The van der Waals surface area contributed by atoms with E-state index in [2.05, 4.69) is 17.1 Å². The second kappa shape index (κ2) is 10.3. The van der Waals surface area contributed by atoms with Gasteiger partial charge in [-0.15, -0.1) is 11.3 Å². The zero-order valence-electron chi connectivity index (χ0n) is 18.1. The van der Waals surface area contributed by atoms with Crippen LogP contribution in [-0.4, -0.2) is 62.9 Å². The minimum atomic E-state index is -3.36. The Labute approximate surface area is 180 Å². The number of likely N-dealkylation sites (tertiary alicyclic amines) is 1. The van der Waals surface area contributed by atoms with Crippen molar-refractivity contribution in [2.75, 3.05) is 39.3 Å². The van der Waals surface area contributed by atoms with Crippen molar-refractivity contribution in [2.24, 2.45) is 16.8 Å². The zero-order chi connectivity index (χ0) is 20.9. The van der Waals surface area contributed by atoms with Crippen LogP contribution >= 0.6 is 11.3 Å². The molecule has 0 aromatic carbocycles. The molecule has 164 valence electrons. The van der Waals surface area contributed by atoms with E-state index in [0.29, 0.717) is 23.8 Å². The molecule has 1 aromatic heterocycles. The largest absolute Gasteiger partial charge is 0.357 e. The third kappa shape index (κ3) is 5.33. The molecule has 1 aliphatic heterocycles. The number of aliphatic imine (C=N–C) groups is 1. The van der Waals surface area contributed by atoms with E-state index in [1.807, 2.05) is 19.9 Å². The van der Waals surface area contributed by atoms with Crippen LogP contribution < -0.4 is 5.32 Å². The SMILES string of the molecule is CCNC(=NCCc1ccc(S(=O)(=O)N(CC)CC)s1)N1CC2CCCCC2C1. The second-order valence-corrected chi connectivity index (χ2v) is 11.3. The van der Waals surface area contributed by atoms with Crippen LogP contribution in [0, 0.1) is 11.8 Å². The van der Waals surface area contributed by atoms with Crippen molar-refractivity contribution in [1.29, 1.82) is 0 Å². The summed E-state index contributed by atoms with van der Waals surface area (Å²) in [6.07, 6.45) is 6.24. The summed E-state index contributed by atoms with van der Waals surface area (Å²) in [6.45, 7) is 10.7. The quantitative estimate of drug-likeness (QED) is 0.497. The summed E-state index contributed by atoms with van der Waals surface area (Å²) in [5, 5.41) is 3.46. The molecule has 2 heterocycles. The number of thiophene rings is 1. The topological polar surface area (TPSA) is 65.0 Å². The fourth-order valence-corrected chi connectivity index (χ4v) is 7.56. The van der Waals surface area contributed by atoms with Gasteiger partial charge in [-0.25, -0.2) is 8.42 Å². The van der Waals surface area contributed by atoms with Gasteiger partial charge in [0, 0.05) is 50.6 Å². The molecule has 1 aromatic rings. The Balaban J connectivity index is 1.61. The van der Waals surface area contributed by atoms with Crippen LogP contribution in [0.5, 0.6) is 0 Å². The van der Waals surface area contributed by atoms with E-state index >= 15 is 0 Å². The highest BCUT2D eigenvalue weighted by Gasteiger charge is 2.35. The summed E-state index contributed by atoms with van der Waals surface area (Å²) in [4.78, 5) is 8.38. The molecule has 0 radical (unpaired) electrons. The van der Waals surface area contributed by atoms with E-state index in [-0.39, 0.29) is 0 Å². The Hall–Kier alpha value is -1.12. The maximum Gasteiger partial charge on any atom is 0.252 e. The Bertz CT molecular complexity index is 772. The molecule has 0 amide bonds. The van der Waals surface area contributed by atoms with Crippen LogP contribution in [0.1, 0.15) is 51.3 Å². The summed E-state index contributed by atoms with van der Waals surface area (Å²) in [7, 11) is -3.36. The molecule has 2 aliphatic rings. The van der Waals surface area contributed by atoms with Gasteiger partial charge in [-0.2, -0.15) is 4.31 Å². The number of nitrogens with zero attached hydrogens (tertiary/aromatic N) is 3. The number of rotatable bonds is 8. The Morgan fingerprint density at radius 3 is 2.41 bits per heavy atom. The summed E-state index contributed by atoms with van der Waals surface area (Å²) < 4.78 is 27.3. The minimum Gasteiger partial charge on any atom is -0.357 e. The van der Waals surface area contributed by atoms with Crippen molar-refractivity contribution in [1.82, 2.24) is 14.5 Å². The first-order valence-corrected chi connectivity index (χ1v) is 13.4. The molecule has 1 saturated heterocycles. The normalized spacial score (nSPS) is 22.9. The molecule has 29 heavy (non-hydrogen) atoms. The van der Waals surface area contributed by atoms with E-state index in [4.69, 9.17) is 4.99 Å². The minimum absolute atomic E-state index is 0.440. The smallest absolute Gasteiger partial charge is 0.252 e. The Morgan fingerprint density at radius 1 is 1.17 bits per heavy atom. The van der Waals surface area contributed by atoms with Crippen molar-refractivity contribution in [2.45, 2.75) is 57.1 Å². The lowest BCUT2D eigenvalue weighted by molar-refractivity contribution is 0.299. The Morgan fingerprint density at radius 2 is 1.83 bits per heavy atom. The number of sulfonamides is 1. The molecule has 2 atom stereocenters. The average molecular weight is 441 g/mol. The highest BCUT2D eigenvalue weighted by atomic mass is 32.2. The van der Waals surface area contributed by atoms with Gasteiger partial charge in [-0.1, -0.05) is 26.7 Å². The standard InChI is InChI=1S/C21H36N4O2S2/c1-4-22-21(24-15-17-9-7-8-10-18(17)16-24)23-14-13-19-11-12-20(28-19)29(26,27)25(5-2)6-3/h11-12,17-18H,4-10,13-16H2,1-3H3,(H,22,23). The van der Waals surface area contributed by atoms with Crippen molar-refractivity contribution in [3.8, 4) is 0 Å². The van der Waals surface area contributed by atoms with Gasteiger partial charge in [0.2, 0.25) is 0 Å². The molecule has 1 N–H and O–H groups in total. The molecule has 3 rings (SSSR count). The van der Waals surface area contributed by atoms with Crippen LogP contribution in [0.3, 0.4) is 0 Å². The predicted molar refractivity (Wildman–Crippen MR) is 121 cm³/mol. The third-order valence-corrected chi connectivity index (χ3v) is 9.83. The van der Waals surface area contributed by atoms with Crippen LogP contribution in [-0.2, 0) is 16.4 Å². The van der Waals surface area contributed by atoms with Crippen LogP contribution in [0.2, 0.25) is 0 Å². The number of fused-ring (bicyclic) bond motifs is 1. The van der Waals surface area contributed by atoms with Gasteiger partial charge >= 0.3 is 0 Å². The van der Waals surface area contributed by atoms with Gasteiger partial charge in [-0.3, -0.25) is 4.99 Å². The van der Waals surface area contributed by atoms with E-state index in [1.165, 1.54) is 41.3 Å². The zero-order valence-corrected chi connectivity index (χ0v) is 19.7. The van der Waals surface area contributed by atoms with Crippen LogP contribution in [0.4, 0.5) is 0 Å². The van der Waals surface area contributed by atoms with Gasteiger partial charge in [0.05, 0.1) is 0 Å². The van der Waals surface area contributed by atoms with Gasteiger partial charge in [0.25, 0.3) is 10.0 Å². The van der Waals surface area contributed by atoms with Crippen molar-refractivity contribution < 1.29 is 8.42 Å². The molecule has 6 nitrogen and oxygen atoms in total. The van der Waals surface area contributed by atoms with Crippen molar-refractivity contribution >= 4 is 27.3 Å². The predicted octanol–water partition coefficient (Wildman–Crippen LogP) is 3.41. The average Bonchev–Trinajstić information content (AvgIpc) is 3.35. The van der Waals surface area contributed by atoms with Crippen LogP contribution in [0.15, 0.2) is 21.3 Å². The van der Waals surface area contributed by atoms with E-state index in [1.54, 1.807) is 6.07 Å². The molecular weight excluding hydrogens is 404 g/mol. The third-order valence-electron chi connectivity index (χ3n) is 6.17. The first kappa shape index (κ1) is 22.6. The summed E-state index contributed by atoms with van der Waals surface area (Å²) in [6, 6.07) is 3.68. The summed E-state index contributed by atoms with van der Waals surface area (Å²) in [5.74, 6) is 2.69. The second-order valence-electron chi connectivity index (χ2n) is 8.01. The van der Waals surface area contributed by atoms with E-state index in [0.717, 1.165) is 48.7 Å². The molecule has 2 unspecified atom stereocenters. The molecule has 0 spiro atoms. The summed E-state index contributed by atoms with van der Waals surface area (Å²) in [5.41, 5.74) is 0. The highest BCUT2D eigenvalue weighted by Crippen LogP contribution is 2.36. The molecule has 2 fully saturated rings. The number of guanidine groups is 1. The fourth-order valence-electron chi connectivity index (χ4n) is 4.60. The van der Waals surface area contributed by atoms with Gasteiger partial charge < -0.3 is 10.2 Å². The molecular formula is C21H36N4O2S2. The van der Waals surface area contributed by atoms with E-state index in [9.17, 15) is 8.42 Å². The van der Waals surface area contributed by atoms with E-state index < -0.39 is 10.0 Å². The molecule has 1 saturated carbocycles. The van der Waals surface area contributed by atoms with Crippen LogP contribution in [0.25, 0.3) is 0 Å². The maximum atomic E-state index is 12.7. The number of nitrogens with one attached hydrogen (secondary N) is 1. The lowest BCUT2D eigenvalue weighted by Crippen LogP contribution is -2.40. The molecule has 8 heteroatoms.